The van der Waals surface area contributed by atoms with Crippen molar-refractivity contribution in [2.45, 2.75) is 25.3 Å². The first-order valence-corrected chi connectivity index (χ1v) is 6.88. The third kappa shape index (κ3) is 2.46. The highest BCUT2D eigenvalue weighted by Crippen LogP contribution is 2.29. The second-order valence-corrected chi connectivity index (χ2v) is 5.53. The van der Waals surface area contributed by atoms with Gasteiger partial charge in [0.25, 0.3) is 0 Å². The molecule has 1 N–H and O–H groups in total. The fourth-order valence-electron chi connectivity index (χ4n) is 2.34. The third-order valence-electron chi connectivity index (χ3n) is 3.72. The van der Waals surface area contributed by atoms with Crippen LogP contribution in [0.25, 0.3) is 0 Å². The predicted octanol–water partition coefficient (Wildman–Crippen LogP) is 2.06. The van der Waals surface area contributed by atoms with Crippen LogP contribution in [-0.2, 0) is 10.2 Å². The lowest BCUT2D eigenvalue weighted by Crippen LogP contribution is -2.34. The summed E-state index contributed by atoms with van der Waals surface area (Å²) in [6.45, 7) is 6.31. The highest BCUT2D eigenvalue weighted by atomic mass is 16.5. The Morgan fingerprint density at radius 2 is 2.05 bits per heavy atom. The minimum atomic E-state index is -0.279. The number of benzene rings is 1. The van der Waals surface area contributed by atoms with Gasteiger partial charge in [0.1, 0.15) is 6.04 Å². The zero-order chi connectivity index (χ0) is 14.0. The summed E-state index contributed by atoms with van der Waals surface area (Å²) in [6, 6.07) is 10.2. The largest absolute Gasteiger partial charge is 0.378 e. The number of rotatable bonds is 3. The molecule has 3 rings (SSSR count). The van der Waals surface area contributed by atoms with Gasteiger partial charge in [-0.15, -0.1) is 0 Å². The summed E-state index contributed by atoms with van der Waals surface area (Å²) in [6.07, 6.45) is 0. The second kappa shape index (κ2) is 5.34. The molecule has 5 heteroatoms. The molecule has 2 heterocycles. The number of nitrogens with one attached hydrogen (secondary N) is 1. The molecule has 0 saturated carbocycles. The molecule has 1 aliphatic rings. The molecule has 0 bridgehead atoms. The van der Waals surface area contributed by atoms with Crippen LogP contribution in [0.3, 0.4) is 0 Å². The van der Waals surface area contributed by atoms with E-state index < -0.39 is 0 Å². The average molecular weight is 273 g/mol. The Labute approximate surface area is 118 Å². The normalized spacial score (nSPS) is 20.0. The molecule has 1 aromatic heterocycles. The second-order valence-electron chi connectivity index (χ2n) is 5.53. The van der Waals surface area contributed by atoms with Crippen LogP contribution in [0.2, 0.25) is 0 Å². The average Bonchev–Trinajstić information content (AvgIpc) is 3.00. The van der Waals surface area contributed by atoms with E-state index in [9.17, 15) is 0 Å². The van der Waals surface area contributed by atoms with Crippen molar-refractivity contribution < 1.29 is 9.26 Å². The van der Waals surface area contributed by atoms with Crippen molar-refractivity contribution >= 4 is 0 Å². The number of ether oxygens (including phenoxy) is 1. The van der Waals surface area contributed by atoms with Crippen LogP contribution in [0.5, 0.6) is 0 Å². The monoisotopic (exact) mass is 273 g/mol. The molecule has 1 aliphatic heterocycles. The van der Waals surface area contributed by atoms with Crippen LogP contribution < -0.4 is 5.32 Å². The Hall–Kier alpha value is -1.72. The molecule has 106 valence electrons. The Balaban J connectivity index is 1.85. The molecule has 0 spiro atoms. The molecule has 1 aromatic carbocycles. The highest BCUT2D eigenvalue weighted by Gasteiger charge is 2.30. The van der Waals surface area contributed by atoms with Gasteiger partial charge in [0.15, 0.2) is 5.82 Å². The minimum absolute atomic E-state index is 0.00317. The Morgan fingerprint density at radius 3 is 2.75 bits per heavy atom. The molecule has 2 aromatic rings. The molecular weight excluding hydrogens is 254 g/mol. The lowest BCUT2D eigenvalue weighted by atomic mass is 9.84. The number of morpholine rings is 1. The Bertz CT molecular complexity index is 560. The van der Waals surface area contributed by atoms with Crippen LogP contribution >= 0.6 is 0 Å². The van der Waals surface area contributed by atoms with Crippen LogP contribution in [0.15, 0.2) is 34.9 Å². The van der Waals surface area contributed by atoms with Gasteiger partial charge in [0, 0.05) is 6.54 Å². The zero-order valence-corrected chi connectivity index (χ0v) is 11.8. The molecule has 0 amide bonds. The van der Waals surface area contributed by atoms with Crippen LogP contribution in [0.4, 0.5) is 0 Å². The van der Waals surface area contributed by atoms with Crippen molar-refractivity contribution in [3.8, 4) is 0 Å². The molecule has 1 fully saturated rings. The predicted molar refractivity (Wildman–Crippen MR) is 74.4 cm³/mol. The molecule has 1 atom stereocenters. The summed E-state index contributed by atoms with van der Waals surface area (Å²) in [5.41, 5.74) is 0.888. The number of hydrogen-bond donors (Lipinski definition) is 1. The molecule has 5 nitrogen and oxygen atoms in total. The molecule has 20 heavy (non-hydrogen) atoms. The van der Waals surface area contributed by atoms with E-state index in [1.54, 1.807) is 0 Å². The summed E-state index contributed by atoms with van der Waals surface area (Å²) < 4.78 is 10.8. The fourth-order valence-corrected chi connectivity index (χ4v) is 2.34. The van der Waals surface area contributed by atoms with E-state index in [4.69, 9.17) is 9.26 Å². The molecule has 1 saturated heterocycles. The maximum absolute atomic E-state index is 5.43. The summed E-state index contributed by atoms with van der Waals surface area (Å²) in [5, 5.41) is 7.48. The molecular formula is C15H19N3O2. The topological polar surface area (TPSA) is 60.2 Å². The summed E-state index contributed by atoms with van der Waals surface area (Å²) in [7, 11) is 0. The van der Waals surface area contributed by atoms with Gasteiger partial charge < -0.3 is 14.6 Å². The van der Waals surface area contributed by atoms with E-state index in [0.717, 1.165) is 13.2 Å². The van der Waals surface area contributed by atoms with E-state index in [1.807, 2.05) is 18.2 Å². The van der Waals surface area contributed by atoms with Crippen molar-refractivity contribution in [1.82, 2.24) is 15.5 Å². The quantitative estimate of drug-likeness (QED) is 0.927. The Morgan fingerprint density at radius 1 is 1.25 bits per heavy atom. The van der Waals surface area contributed by atoms with Crippen molar-refractivity contribution in [2.75, 3.05) is 19.8 Å². The third-order valence-corrected chi connectivity index (χ3v) is 3.72. The van der Waals surface area contributed by atoms with E-state index in [2.05, 4.69) is 41.4 Å². The maximum atomic E-state index is 5.43. The van der Waals surface area contributed by atoms with Crippen molar-refractivity contribution in [1.29, 1.82) is 0 Å². The maximum Gasteiger partial charge on any atom is 0.246 e. The van der Waals surface area contributed by atoms with Crippen molar-refractivity contribution in [3.05, 3.63) is 47.6 Å². The first-order valence-electron chi connectivity index (χ1n) is 6.88. The van der Waals surface area contributed by atoms with Gasteiger partial charge in [0.05, 0.1) is 18.6 Å². The highest BCUT2D eigenvalue weighted by molar-refractivity contribution is 5.30. The smallest absolute Gasteiger partial charge is 0.246 e. The number of aromatic nitrogens is 2. The first-order chi connectivity index (χ1) is 9.68. The summed E-state index contributed by atoms with van der Waals surface area (Å²) >= 11 is 0. The van der Waals surface area contributed by atoms with Gasteiger partial charge >= 0.3 is 0 Å². The van der Waals surface area contributed by atoms with Gasteiger partial charge in [-0.3, -0.25) is 0 Å². The van der Waals surface area contributed by atoms with E-state index >= 15 is 0 Å². The molecule has 0 radical (unpaired) electrons. The van der Waals surface area contributed by atoms with Crippen molar-refractivity contribution in [3.63, 3.8) is 0 Å². The number of nitrogens with zero attached hydrogens (tertiary/aromatic N) is 2. The van der Waals surface area contributed by atoms with E-state index in [-0.39, 0.29) is 11.5 Å². The molecule has 1 unspecified atom stereocenters. The SMILES string of the molecule is CC(C)(c1ccccc1)c1noc(C2COCCN2)n1. The lowest BCUT2D eigenvalue weighted by molar-refractivity contribution is 0.0659. The minimum Gasteiger partial charge on any atom is -0.378 e. The van der Waals surface area contributed by atoms with Crippen LogP contribution in [0, 0.1) is 0 Å². The molecule has 0 aliphatic carbocycles. The fraction of sp³-hybridized carbons (Fsp3) is 0.467. The standard InChI is InChI=1S/C15H19N3O2/c1-15(2,11-6-4-3-5-7-11)14-17-13(20-18-14)12-10-19-9-8-16-12/h3-7,12,16H,8-10H2,1-2H3. The van der Waals surface area contributed by atoms with E-state index in [0.29, 0.717) is 18.3 Å². The summed E-state index contributed by atoms with van der Waals surface area (Å²) in [4.78, 5) is 4.56. The van der Waals surface area contributed by atoms with Gasteiger partial charge in [-0.2, -0.15) is 4.98 Å². The number of hydrogen-bond acceptors (Lipinski definition) is 5. The van der Waals surface area contributed by atoms with E-state index in [1.165, 1.54) is 5.56 Å². The van der Waals surface area contributed by atoms with Crippen LogP contribution in [-0.4, -0.2) is 29.9 Å². The zero-order valence-electron chi connectivity index (χ0n) is 11.8. The van der Waals surface area contributed by atoms with Gasteiger partial charge in [-0.25, -0.2) is 0 Å². The van der Waals surface area contributed by atoms with Gasteiger partial charge in [0.2, 0.25) is 5.89 Å². The lowest BCUT2D eigenvalue weighted by Gasteiger charge is -2.21. The first kappa shape index (κ1) is 13.3. The summed E-state index contributed by atoms with van der Waals surface area (Å²) in [5.74, 6) is 1.30. The van der Waals surface area contributed by atoms with Gasteiger partial charge in [-0.1, -0.05) is 35.5 Å². The van der Waals surface area contributed by atoms with Crippen LogP contribution in [0.1, 0.15) is 37.2 Å². The Kier molecular flexibility index (Phi) is 3.54. The van der Waals surface area contributed by atoms with Gasteiger partial charge in [-0.05, 0) is 19.4 Å². The van der Waals surface area contributed by atoms with Crippen molar-refractivity contribution in [2.24, 2.45) is 0 Å².